The zero-order valence-corrected chi connectivity index (χ0v) is 12.9. The molecule has 3 nitrogen and oxygen atoms in total. The van der Waals surface area contributed by atoms with E-state index >= 15 is 0 Å². The summed E-state index contributed by atoms with van der Waals surface area (Å²) in [4.78, 5) is 2.08. The molecule has 1 aliphatic rings. The maximum Gasteiger partial charge on any atom is 0.573 e. The number of halogens is 5. The maximum atomic E-state index is 14.0. The number of nitrogens with one attached hydrogen (secondary N) is 1. The van der Waals surface area contributed by atoms with Gasteiger partial charge >= 0.3 is 6.36 Å². The van der Waals surface area contributed by atoms with E-state index in [0.29, 0.717) is 6.42 Å². The van der Waals surface area contributed by atoms with E-state index in [1.54, 1.807) is 0 Å². The Morgan fingerprint density at radius 3 is 2.45 bits per heavy atom. The van der Waals surface area contributed by atoms with Crippen LogP contribution in [0.4, 0.5) is 17.6 Å². The van der Waals surface area contributed by atoms with Crippen LogP contribution in [0.3, 0.4) is 0 Å². The quantitative estimate of drug-likeness (QED) is 0.848. The smallest absolute Gasteiger partial charge is 0.406 e. The van der Waals surface area contributed by atoms with Crippen LogP contribution in [-0.2, 0) is 0 Å². The Morgan fingerprint density at radius 1 is 1.27 bits per heavy atom. The van der Waals surface area contributed by atoms with E-state index in [1.807, 2.05) is 6.92 Å². The highest BCUT2D eigenvalue weighted by atomic mass is 35.5. The first-order valence-corrected chi connectivity index (χ1v) is 6.90. The van der Waals surface area contributed by atoms with Gasteiger partial charge in [0.15, 0.2) is 0 Å². The fraction of sp³-hybridized carbons (Fsp3) is 0.571. The Hall–Kier alpha value is -1.05. The van der Waals surface area contributed by atoms with Gasteiger partial charge in [0.05, 0.1) is 0 Å². The molecule has 1 saturated heterocycles. The standard InChI is InChI=1S/C14H18F4N2O.ClH/c1-2-13(20-7-5-19-6-8-20)11-9-10(3-4-12(11)15)21-14(16,17)18;/h3-4,9,13,19H,2,5-8H2,1H3;1H/t13-;/m1./s1. The fourth-order valence-corrected chi connectivity index (χ4v) is 2.64. The highest BCUT2D eigenvalue weighted by Gasteiger charge is 2.32. The number of hydrogen-bond acceptors (Lipinski definition) is 3. The summed E-state index contributed by atoms with van der Waals surface area (Å²) in [5, 5.41) is 3.19. The van der Waals surface area contributed by atoms with E-state index < -0.39 is 12.2 Å². The number of piperazine rings is 1. The third kappa shape index (κ3) is 5.00. The van der Waals surface area contributed by atoms with Crippen LogP contribution >= 0.6 is 12.4 Å². The normalized spacial score (nSPS) is 17.7. The van der Waals surface area contributed by atoms with Gasteiger partial charge in [0.25, 0.3) is 0 Å². The molecule has 0 bridgehead atoms. The molecule has 8 heteroatoms. The lowest BCUT2D eigenvalue weighted by Gasteiger charge is -2.35. The molecule has 1 N–H and O–H groups in total. The molecule has 1 aromatic rings. The summed E-state index contributed by atoms with van der Waals surface area (Å²) in [6.45, 7) is 4.95. The van der Waals surface area contributed by atoms with Gasteiger partial charge in [0.2, 0.25) is 0 Å². The van der Waals surface area contributed by atoms with Gasteiger partial charge in [-0.1, -0.05) is 6.92 Å². The molecule has 1 aliphatic heterocycles. The minimum absolute atomic E-state index is 0. The second kappa shape index (κ2) is 7.99. The van der Waals surface area contributed by atoms with Crippen molar-refractivity contribution in [2.75, 3.05) is 26.2 Å². The molecule has 2 rings (SSSR count). The van der Waals surface area contributed by atoms with Crippen LogP contribution in [0.1, 0.15) is 24.9 Å². The zero-order valence-electron chi connectivity index (χ0n) is 12.1. The predicted molar refractivity (Wildman–Crippen MR) is 77.8 cm³/mol. The lowest BCUT2D eigenvalue weighted by atomic mass is 10.0. The summed E-state index contributed by atoms with van der Waals surface area (Å²) in [6, 6.07) is 2.93. The van der Waals surface area contributed by atoms with Crippen LogP contribution in [0.15, 0.2) is 18.2 Å². The molecule has 0 saturated carbocycles. The molecular weight excluding hydrogens is 324 g/mol. The van der Waals surface area contributed by atoms with E-state index in [4.69, 9.17) is 0 Å². The Balaban J connectivity index is 0.00000242. The third-order valence-corrected chi connectivity index (χ3v) is 3.54. The summed E-state index contributed by atoms with van der Waals surface area (Å²) < 4.78 is 54.7. The van der Waals surface area contributed by atoms with Gasteiger partial charge in [-0.3, -0.25) is 4.90 Å². The van der Waals surface area contributed by atoms with Gasteiger partial charge in [0, 0.05) is 37.8 Å². The maximum absolute atomic E-state index is 14.0. The van der Waals surface area contributed by atoms with Crippen LogP contribution < -0.4 is 10.1 Å². The van der Waals surface area contributed by atoms with Crippen molar-refractivity contribution in [3.63, 3.8) is 0 Å². The van der Waals surface area contributed by atoms with Crippen LogP contribution in [0, 0.1) is 5.82 Å². The number of ether oxygens (including phenoxy) is 1. The summed E-state index contributed by atoms with van der Waals surface area (Å²) in [6.07, 6.45) is -4.15. The number of nitrogens with zero attached hydrogens (tertiary/aromatic N) is 1. The van der Waals surface area contributed by atoms with Crippen LogP contribution in [-0.4, -0.2) is 37.4 Å². The number of hydrogen-bond donors (Lipinski definition) is 1. The van der Waals surface area contributed by atoms with Crippen LogP contribution in [0.5, 0.6) is 5.75 Å². The SMILES string of the molecule is CC[C@H](c1cc(OC(F)(F)F)ccc1F)N1CCNCC1.Cl. The van der Waals surface area contributed by atoms with Gasteiger partial charge in [0.1, 0.15) is 11.6 Å². The van der Waals surface area contributed by atoms with E-state index in [0.717, 1.165) is 44.4 Å². The van der Waals surface area contributed by atoms with E-state index in [-0.39, 0.29) is 29.8 Å². The van der Waals surface area contributed by atoms with Crippen molar-refractivity contribution in [2.24, 2.45) is 0 Å². The minimum atomic E-state index is -4.77. The zero-order chi connectivity index (χ0) is 15.5. The predicted octanol–water partition coefficient (Wildman–Crippen LogP) is 3.50. The highest BCUT2D eigenvalue weighted by Crippen LogP contribution is 2.31. The number of alkyl halides is 3. The van der Waals surface area contributed by atoms with Gasteiger partial charge in [-0.05, 0) is 24.6 Å². The number of rotatable bonds is 4. The molecule has 126 valence electrons. The van der Waals surface area contributed by atoms with Crippen molar-refractivity contribution in [3.8, 4) is 5.75 Å². The topological polar surface area (TPSA) is 24.5 Å². The monoisotopic (exact) mass is 342 g/mol. The summed E-state index contributed by atoms with van der Waals surface area (Å²) in [7, 11) is 0. The lowest BCUT2D eigenvalue weighted by molar-refractivity contribution is -0.274. The van der Waals surface area contributed by atoms with Crippen molar-refractivity contribution in [1.29, 1.82) is 0 Å². The Kier molecular flexibility index (Phi) is 6.90. The van der Waals surface area contributed by atoms with Crippen LogP contribution in [0.2, 0.25) is 0 Å². The van der Waals surface area contributed by atoms with Gasteiger partial charge in [-0.25, -0.2) is 4.39 Å². The minimum Gasteiger partial charge on any atom is -0.406 e. The van der Waals surface area contributed by atoms with Crippen molar-refractivity contribution in [3.05, 3.63) is 29.6 Å². The Morgan fingerprint density at radius 2 is 1.91 bits per heavy atom. The van der Waals surface area contributed by atoms with E-state index in [1.165, 1.54) is 0 Å². The second-order valence-electron chi connectivity index (χ2n) is 4.94. The molecular formula is C14H19ClF4N2O. The average molecular weight is 343 g/mol. The third-order valence-electron chi connectivity index (χ3n) is 3.54. The highest BCUT2D eigenvalue weighted by molar-refractivity contribution is 5.85. The summed E-state index contributed by atoms with van der Waals surface area (Å²) in [5.74, 6) is -0.887. The fourth-order valence-electron chi connectivity index (χ4n) is 2.64. The van der Waals surface area contributed by atoms with Crippen molar-refractivity contribution in [2.45, 2.75) is 25.7 Å². The molecule has 1 atom stereocenters. The van der Waals surface area contributed by atoms with Crippen molar-refractivity contribution >= 4 is 12.4 Å². The first kappa shape index (κ1) is 19.0. The lowest BCUT2D eigenvalue weighted by Crippen LogP contribution is -2.45. The molecule has 0 aromatic heterocycles. The number of benzene rings is 1. The summed E-state index contributed by atoms with van der Waals surface area (Å²) >= 11 is 0. The Bertz CT molecular complexity index is 478. The average Bonchev–Trinajstić information content (AvgIpc) is 2.43. The van der Waals surface area contributed by atoms with Crippen molar-refractivity contribution < 1.29 is 22.3 Å². The van der Waals surface area contributed by atoms with Crippen LogP contribution in [0.25, 0.3) is 0 Å². The Labute approximate surface area is 133 Å². The molecule has 0 aliphatic carbocycles. The first-order valence-electron chi connectivity index (χ1n) is 6.90. The van der Waals surface area contributed by atoms with E-state index in [9.17, 15) is 17.6 Å². The molecule has 0 unspecified atom stereocenters. The summed E-state index contributed by atoms with van der Waals surface area (Å²) in [5.41, 5.74) is 0.251. The molecule has 1 fully saturated rings. The molecule has 1 heterocycles. The largest absolute Gasteiger partial charge is 0.573 e. The molecule has 1 aromatic carbocycles. The van der Waals surface area contributed by atoms with Gasteiger partial charge < -0.3 is 10.1 Å². The molecule has 0 radical (unpaired) electrons. The molecule has 0 amide bonds. The van der Waals surface area contributed by atoms with Gasteiger partial charge in [-0.2, -0.15) is 0 Å². The first-order chi connectivity index (χ1) is 9.90. The van der Waals surface area contributed by atoms with Crippen molar-refractivity contribution in [1.82, 2.24) is 10.2 Å². The molecule has 0 spiro atoms. The van der Waals surface area contributed by atoms with Gasteiger partial charge in [-0.15, -0.1) is 25.6 Å². The molecule has 22 heavy (non-hydrogen) atoms. The second-order valence-corrected chi connectivity index (χ2v) is 4.94. The van der Waals surface area contributed by atoms with E-state index in [2.05, 4.69) is 15.0 Å².